The zero-order chi connectivity index (χ0) is 6.69. The maximum absolute atomic E-state index is 5.33. The normalized spacial score (nSPS) is 7.50. The molecule has 10 heavy (non-hydrogen) atoms. The Bertz CT molecular complexity index is 252. The van der Waals surface area contributed by atoms with Crippen LogP contribution in [-0.2, 0) is 0 Å². The zero-order valence-corrected chi connectivity index (χ0v) is 6.06. The monoisotopic (exact) mass is 154 g/mol. The van der Waals surface area contributed by atoms with E-state index in [4.69, 9.17) is 12.2 Å². The first-order valence-electron chi connectivity index (χ1n) is 2.52. The number of hydrogen-bond donors (Lipinski definition) is 1. The molecule has 2 nitrogen and oxygen atoms in total. The van der Waals surface area contributed by atoms with Crippen molar-refractivity contribution in [2.75, 3.05) is 5.73 Å². The standard InChI is InChI=1S/C7H6N2.ClH/c1-2-6-4-3-5-7(8)9-6;/h1,3-5H,(H2,8,9);1H. The number of pyridine rings is 1. The van der Waals surface area contributed by atoms with Gasteiger partial charge in [0.15, 0.2) is 0 Å². The molecule has 1 heterocycles. The van der Waals surface area contributed by atoms with Crippen LogP contribution >= 0.6 is 12.4 Å². The summed E-state index contributed by atoms with van der Waals surface area (Å²) in [6, 6.07) is 5.20. The molecule has 0 radical (unpaired) electrons. The summed E-state index contributed by atoms with van der Waals surface area (Å²) >= 11 is 0. The molecule has 0 aliphatic carbocycles. The summed E-state index contributed by atoms with van der Waals surface area (Å²) in [5.74, 6) is 2.84. The van der Waals surface area contributed by atoms with E-state index in [0.717, 1.165) is 0 Å². The third-order valence-electron chi connectivity index (χ3n) is 0.919. The lowest BCUT2D eigenvalue weighted by Crippen LogP contribution is -1.90. The number of anilines is 1. The van der Waals surface area contributed by atoms with E-state index in [9.17, 15) is 0 Å². The number of nitrogens with two attached hydrogens (primary N) is 1. The highest BCUT2D eigenvalue weighted by Gasteiger charge is 1.85. The molecule has 2 N–H and O–H groups in total. The Hall–Kier alpha value is -1.20. The van der Waals surface area contributed by atoms with E-state index in [2.05, 4.69) is 10.9 Å². The van der Waals surface area contributed by atoms with E-state index < -0.39 is 0 Å². The van der Waals surface area contributed by atoms with E-state index in [-0.39, 0.29) is 12.4 Å². The van der Waals surface area contributed by atoms with Gasteiger partial charge in [0.2, 0.25) is 0 Å². The minimum Gasteiger partial charge on any atom is -0.384 e. The van der Waals surface area contributed by atoms with Gasteiger partial charge < -0.3 is 5.73 Å². The van der Waals surface area contributed by atoms with Crippen molar-refractivity contribution in [2.45, 2.75) is 0 Å². The van der Waals surface area contributed by atoms with Gasteiger partial charge in [0, 0.05) is 0 Å². The second-order valence-electron chi connectivity index (χ2n) is 1.59. The fraction of sp³-hybridized carbons (Fsp3) is 0. The van der Waals surface area contributed by atoms with Gasteiger partial charge in [-0.3, -0.25) is 0 Å². The minimum absolute atomic E-state index is 0. The van der Waals surface area contributed by atoms with Crippen LogP contribution in [0.15, 0.2) is 18.2 Å². The van der Waals surface area contributed by atoms with E-state index in [0.29, 0.717) is 11.5 Å². The van der Waals surface area contributed by atoms with Crippen LogP contribution in [0.2, 0.25) is 0 Å². The minimum atomic E-state index is 0. The van der Waals surface area contributed by atoms with Crippen molar-refractivity contribution in [2.24, 2.45) is 0 Å². The topological polar surface area (TPSA) is 38.9 Å². The van der Waals surface area contributed by atoms with E-state index in [1.54, 1.807) is 18.2 Å². The van der Waals surface area contributed by atoms with Crippen molar-refractivity contribution in [1.82, 2.24) is 4.98 Å². The van der Waals surface area contributed by atoms with E-state index >= 15 is 0 Å². The summed E-state index contributed by atoms with van der Waals surface area (Å²) in [5.41, 5.74) is 5.91. The molecule has 3 heteroatoms. The molecule has 1 aromatic rings. The van der Waals surface area contributed by atoms with Gasteiger partial charge in [-0.1, -0.05) is 12.0 Å². The number of nitrogens with zero attached hydrogens (tertiary/aromatic N) is 1. The summed E-state index contributed by atoms with van der Waals surface area (Å²) in [6.45, 7) is 0. The molecule has 0 aliphatic heterocycles. The van der Waals surface area contributed by atoms with Gasteiger partial charge in [-0.25, -0.2) is 4.98 Å². The number of nitrogen functional groups attached to an aromatic ring is 1. The molecule has 1 rings (SSSR count). The number of terminal acetylenes is 1. The van der Waals surface area contributed by atoms with Crippen molar-refractivity contribution < 1.29 is 0 Å². The van der Waals surface area contributed by atoms with Gasteiger partial charge in [-0.2, -0.15) is 0 Å². The lowest BCUT2D eigenvalue weighted by molar-refractivity contribution is 1.30. The first kappa shape index (κ1) is 8.80. The fourth-order valence-electron chi connectivity index (χ4n) is 0.532. The van der Waals surface area contributed by atoms with Crippen LogP contribution in [0.1, 0.15) is 5.69 Å². The molecular weight excluding hydrogens is 148 g/mol. The van der Waals surface area contributed by atoms with Gasteiger partial charge in [0.05, 0.1) is 0 Å². The second kappa shape index (κ2) is 3.76. The Balaban J connectivity index is 0.000000810. The first-order chi connectivity index (χ1) is 4.33. The van der Waals surface area contributed by atoms with Crippen molar-refractivity contribution in [3.63, 3.8) is 0 Å². The number of aromatic nitrogens is 1. The average Bonchev–Trinajstić information content (AvgIpc) is 1.88. The number of halogens is 1. The molecule has 0 fully saturated rings. The van der Waals surface area contributed by atoms with E-state index in [1.165, 1.54) is 0 Å². The van der Waals surface area contributed by atoms with Gasteiger partial charge in [-0.05, 0) is 12.1 Å². The predicted octanol–water partition coefficient (Wildman–Crippen LogP) is 1.07. The first-order valence-corrected chi connectivity index (χ1v) is 2.52. The largest absolute Gasteiger partial charge is 0.384 e. The van der Waals surface area contributed by atoms with Crippen LogP contribution in [0.4, 0.5) is 5.82 Å². The lowest BCUT2D eigenvalue weighted by Gasteiger charge is -1.89. The summed E-state index contributed by atoms with van der Waals surface area (Å²) in [6.07, 6.45) is 5.05. The molecule has 0 aromatic carbocycles. The van der Waals surface area contributed by atoms with Gasteiger partial charge >= 0.3 is 0 Å². The second-order valence-corrected chi connectivity index (χ2v) is 1.59. The number of hydrogen-bond acceptors (Lipinski definition) is 2. The summed E-state index contributed by atoms with van der Waals surface area (Å²) in [4.78, 5) is 3.83. The van der Waals surface area contributed by atoms with Crippen molar-refractivity contribution in [1.29, 1.82) is 0 Å². The molecular formula is C7H7ClN2. The highest BCUT2D eigenvalue weighted by atomic mass is 35.5. The van der Waals surface area contributed by atoms with Crippen LogP contribution in [0.3, 0.4) is 0 Å². The molecule has 1 aromatic heterocycles. The van der Waals surface area contributed by atoms with Crippen LogP contribution in [-0.4, -0.2) is 4.98 Å². The Morgan fingerprint density at radius 2 is 2.20 bits per heavy atom. The van der Waals surface area contributed by atoms with Crippen LogP contribution < -0.4 is 5.73 Å². The summed E-state index contributed by atoms with van der Waals surface area (Å²) < 4.78 is 0. The molecule has 0 atom stereocenters. The van der Waals surface area contributed by atoms with Crippen LogP contribution in [0, 0.1) is 12.3 Å². The van der Waals surface area contributed by atoms with Crippen molar-refractivity contribution in [3.05, 3.63) is 23.9 Å². The smallest absolute Gasteiger partial charge is 0.124 e. The predicted molar refractivity (Wildman–Crippen MR) is 43.8 cm³/mol. The molecule has 0 amide bonds. The highest BCUT2D eigenvalue weighted by molar-refractivity contribution is 5.85. The molecule has 0 spiro atoms. The third-order valence-corrected chi connectivity index (χ3v) is 0.919. The third kappa shape index (κ3) is 1.96. The lowest BCUT2D eigenvalue weighted by atomic mass is 10.3. The molecule has 0 unspecified atom stereocenters. The Morgan fingerprint density at radius 1 is 1.50 bits per heavy atom. The molecule has 0 saturated carbocycles. The number of rotatable bonds is 0. The summed E-state index contributed by atoms with van der Waals surface area (Å²) in [5, 5.41) is 0. The zero-order valence-electron chi connectivity index (χ0n) is 5.24. The Labute approximate surface area is 65.9 Å². The van der Waals surface area contributed by atoms with Crippen LogP contribution in [0.5, 0.6) is 0 Å². The highest BCUT2D eigenvalue weighted by Crippen LogP contribution is 1.96. The molecule has 0 saturated heterocycles. The molecule has 0 bridgehead atoms. The van der Waals surface area contributed by atoms with Gasteiger partial charge in [-0.15, -0.1) is 18.8 Å². The Morgan fingerprint density at radius 3 is 2.60 bits per heavy atom. The van der Waals surface area contributed by atoms with Crippen molar-refractivity contribution in [3.8, 4) is 12.3 Å². The van der Waals surface area contributed by atoms with E-state index in [1.807, 2.05) is 0 Å². The fourth-order valence-corrected chi connectivity index (χ4v) is 0.532. The summed E-state index contributed by atoms with van der Waals surface area (Å²) in [7, 11) is 0. The van der Waals surface area contributed by atoms with Crippen LogP contribution in [0.25, 0.3) is 0 Å². The van der Waals surface area contributed by atoms with Gasteiger partial charge in [0.1, 0.15) is 11.5 Å². The molecule has 0 aliphatic rings. The van der Waals surface area contributed by atoms with Gasteiger partial charge in [0.25, 0.3) is 0 Å². The Kier molecular flexibility index (Phi) is 3.30. The maximum atomic E-state index is 5.33. The molecule has 52 valence electrons. The SMILES string of the molecule is C#Cc1cccc(N)n1.Cl. The quantitative estimate of drug-likeness (QED) is 0.568. The average molecular weight is 155 g/mol. The van der Waals surface area contributed by atoms with Crippen molar-refractivity contribution >= 4 is 18.2 Å². The maximum Gasteiger partial charge on any atom is 0.124 e.